The Bertz CT molecular complexity index is 220. The number of likely N-dealkylation sites (N-methyl/N-ethyl adjacent to an activating group) is 1. The summed E-state index contributed by atoms with van der Waals surface area (Å²) in [6, 6.07) is 0.288. The summed E-state index contributed by atoms with van der Waals surface area (Å²) in [5.41, 5.74) is 0. The van der Waals surface area contributed by atoms with Crippen LogP contribution < -0.4 is 0 Å². The van der Waals surface area contributed by atoms with E-state index in [1.165, 1.54) is 0 Å². The molecular formula is C9H16N2O2. The summed E-state index contributed by atoms with van der Waals surface area (Å²) in [6.45, 7) is 3.10. The minimum Gasteiger partial charge on any atom is -0.480 e. The third-order valence-electron chi connectivity index (χ3n) is 3.18. The molecule has 4 heteroatoms. The maximum atomic E-state index is 10.8. The highest BCUT2D eigenvalue weighted by atomic mass is 16.4. The van der Waals surface area contributed by atoms with Crippen molar-refractivity contribution < 1.29 is 9.90 Å². The van der Waals surface area contributed by atoms with E-state index in [2.05, 4.69) is 16.8 Å². The second-order valence-electron chi connectivity index (χ2n) is 4.09. The summed E-state index contributed by atoms with van der Waals surface area (Å²) < 4.78 is 0. The molecule has 2 rings (SSSR count). The van der Waals surface area contributed by atoms with E-state index in [0.717, 1.165) is 32.5 Å². The Morgan fingerprint density at radius 3 is 2.54 bits per heavy atom. The van der Waals surface area contributed by atoms with Gasteiger partial charge in [-0.05, 0) is 26.4 Å². The smallest absolute Gasteiger partial charge is 0.320 e. The summed E-state index contributed by atoms with van der Waals surface area (Å²) in [7, 11) is 2.09. The molecule has 2 aliphatic rings. The maximum Gasteiger partial charge on any atom is 0.320 e. The average Bonchev–Trinajstić information content (AvgIpc) is 2.32. The molecule has 0 aromatic rings. The number of rotatable bonds is 2. The summed E-state index contributed by atoms with van der Waals surface area (Å²) >= 11 is 0. The molecule has 4 nitrogen and oxygen atoms in total. The first-order valence-corrected chi connectivity index (χ1v) is 4.85. The number of aliphatic carboxylic acids is 1. The molecule has 0 amide bonds. The van der Waals surface area contributed by atoms with Crippen molar-refractivity contribution in [3.63, 3.8) is 0 Å². The van der Waals surface area contributed by atoms with Crippen molar-refractivity contribution in [2.75, 3.05) is 26.7 Å². The van der Waals surface area contributed by atoms with Crippen LogP contribution in [0.2, 0.25) is 0 Å². The first-order valence-electron chi connectivity index (χ1n) is 4.85. The van der Waals surface area contributed by atoms with E-state index in [1.54, 1.807) is 0 Å². The SMILES string of the molecule is CN1CCC(N2CCC2C(=O)O)C1. The Morgan fingerprint density at radius 1 is 1.38 bits per heavy atom. The minimum absolute atomic E-state index is 0.198. The molecule has 13 heavy (non-hydrogen) atoms. The molecule has 2 fully saturated rings. The van der Waals surface area contributed by atoms with Crippen molar-refractivity contribution in [3.05, 3.63) is 0 Å². The van der Waals surface area contributed by atoms with Crippen molar-refractivity contribution in [1.82, 2.24) is 9.80 Å². The van der Waals surface area contributed by atoms with Gasteiger partial charge >= 0.3 is 5.97 Å². The number of likely N-dealkylation sites (tertiary alicyclic amines) is 2. The Balaban J connectivity index is 1.91. The summed E-state index contributed by atoms with van der Waals surface area (Å²) in [5, 5.41) is 8.87. The lowest BCUT2D eigenvalue weighted by Crippen LogP contribution is -2.57. The van der Waals surface area contributed by atoms with Crippen LogP contribution in [0.3, 0.4) is 0 Å². The molecule has 2 aliphatic heterocycles. The zero-order chi connectivity index (χ0) is 9.42. The molecule has 0 aromatic heterocycles. The normalized spacial score (nSPS) is 36.1. The predicted molar refractivity (Wildman–Crippen MR) is 48.6 cm³/mol. The summed E-state index contributed by atoms with van der Waals surface area (Å²) in [5.74, 6) is -0.652. The molecule has 0 bridgehead atoms. The zero-order valence-electron chi connectivity index (χ0n) is 7.94. The van der Waals surface area contributed by atoms with Gasteiger partial charge in [-0.3, -0.25) is 9.69 Å². The fourth-order valence-electron chi connectivity index (χ4n) is 2.29. The number of nitrogens with zero attached hydrogens (tertiary/aromatic N) is 2. The van der Waals surface area contributed by atoms with Gasteiger partial charge in [0.2, 0.25) is 0 Å². The maximum absolute atomic E-state index is 10.8. The summed E-state index contributed by atoms with van der Waals surface area (Å²) in [4.78, 5) is 15.2. The standard InChI is InChI=1S/C9H16N2O2/c1-10-4-2-7(6-10)11-5-3-8(11)9(12)13/h7-8H,2-6H2,1H3,(H,12,13). The van der Waals surface area contributed by atoms with Crippen molar-refractivity contribution in [2.24, 2.45) is 0 Å². The molecule has 0 spiro atoms. The molecular weight excluding hydrogens is 168 g/mol. The first kappa shape index (κ1) is 8.97. The Morgan fingerprint density at radius 2 is 2.15 bits per heavy atom. The molecule has 0 saturated carbocycles. The second kappa shape index (κ2) is 3.27. The second-order valence-corrected chi connectivity index (χ2v) is 4.09. The fraction of sp³-hybridized carbons (Fsp3) is 0.889. The van der Waals surface area contributed by atoms with Crippen LogP contribution in [-0.2, 0) is 4.79 Å². The molecule has 2 saturated heterocycles. The quantitative estimate of drug-likeness (QED) is 0.648. The van der Waals surface area contributed by atoms with Crippen molar-refractivity contribution in [1.29, 1.82) is 0 Å². The predicted octanol–water partition coefficient (Wildman–Crippen LogP) is -0.151. The number of hydrogen-bond acceptors (Lipinski definition) is 3. The van der Waals surface area contributed by atoms with Gasteiger partial charge in [0.1, 0.15) is 6.04 Å². The highest BCUT2D eigenvalue weighted by Gasteiger charge is 2.40. The number of hydrogen-bond donors (Lipinski definition) is 1. The van der Waals surface area contributed by atoms with Crippen molar-refractivity contribution >= 4 is 5.97 Å². The van der Waals surface area contributed by atoms with Crippen LogP contribution in [0.4, 0.5) is 0 Å². The van der Waals surface area contributed by atoms with Gasteiger partial charge in [0.15, 0.2) is 0 Å². The lowest BCUT2D eigenvalue weighted by molar-refractivity contribution is -0.149. The molecule has 1 N–H and O–H groups in total. The van der Waals surface area contributed by atoms with E-state index in [9.17, 15) is 4.79 Å². The average molecular weight is 184 g/mol. The fourth-order valence-corrected chi connectivity index (χ4v) is 2.29. The van der Waals surface area contributed by atoms with Crippen LogP contribution in [0.1, 0.15) is 12.8 Å². The third kappa shape index (κ3) is 1.56. The minimum atomic E-state index is -0.652. The van der Waals surface area contributed by atoms with Crippen LogP contribution in [0.25, 0.3) is 0 Å². The van der Waals surface area contributed by atoms with E-state index in [4.69, 9.17) is 5.11 Å². The van der Waals surface area contributed by atoms with Gasteiger partial charge in [0, 0.05) is 19.1 Å². The van der Waals surface area contributed by atoms with Gasteiger partial charge in [-0.25, -0.2) is 0 Å². The largest absolute Gasteiger partial charge is 0.480 e. The first-order chi connectivity index (χ1) is 6.18. The number of carboxylic acid groups (broad SMARTS) is 1. The van der Waals surface area contributed by atoms with Crippen LogP contribution in [0.5, 0.6) is 0 Å². The molecule has 2 atom stereocenters. The van der Waals surface area contributed by atoms with Gasteiger partial charge < -0.3 is 10.0 Å². The highest BCUT2D eigenvalue weighted by Crippen LogP contribution is 2.25. The van der Waals surface area contributed by atoms with Gasteiger partial charge in [-0.1, -0.05) is 0 Å². The van der Waals surface area contributed by atoms with E-state index in [0.29, 0.717) is 6.04 Å². The Hall–Kier alpha value is -0.610. The Kier molecular flexibility index (Phi) is 2.26. The topological polar surface area (TPSA) is 43.8 Å². The molecule has 0 aromatic carbocycles. The molecule has 74 valence electrons. The van der Waals surface area contributed by atoms with Crippen molar-refractivity contribution in [2.45, 2.75) is 24.9 Å². The van der Waals surface area contributed by atoms with Gasteiger partial charge in [0.05, 0.1) is 0 Å². The monoisotopic (exact) mass is 184 g/mol. The van der Waals surface area contributed by atoms with Crippen LogP contribution in [0.15, 0.2) is 0 Å². The van der Waals surface area contributed by atoms with E-state index >= 15 is 0 Å². The van der Waals surface area contributed by atoms with Gasteiger partial charge in [0.25, 0.3) is 0 Å². The van der Waals surface area contributed by atoms with Gasteiger partial charge in [-0.2, -0.15) is 0 Å². The molecule has 0 aliphatic carbocycles. The Labute approximate surface area is 78.1 Å². The van der Waals surface area contributed by atoms with E-state index < -0.39 is 5.97 Å². The van der Waals surface area contributed by atoms with E-state index in [1.807, 2.05) is 0 Å². The van der Waals surface area contributed by atoms with E-state index in [-0.39, 0.29) is 6.04 Å². The van der Waals surface area contributed by atoms with Gasteiger partial charge in [-0.15, -0.1) is 0 Å². The van der Waals surface area contributed by atoms with Crippen LogP contribution in [-0.4, -0.2) is 59.6 Å². The van der Waals surface area contributed by atoms with Crippen LogP contribution >= 0.6 is 0 Å². The lowest BCUT2D eigenvalue weighted by atomic mass is 9.99. The zero-order valence-corrected chi connectivity index (χ0v) is 7.94. The van der Waals surface area contributed by atoms with Crippen LogP contribution in [0, 0.1) is 0 Å². The lowest BCUT2D eigenvalue weighted by Gasteiger charge is -2.42. The summed E-state index contributed by atoms with van der Waals surface area (Å²) in [6.07, 6.45) is 1.95. The van der Waals surface area contributed by atoms with Crippen molar-refractivity contribution in [3.8, 4) is 0 Å². The number of carboxylic acids is 1. The molecule has 0 radical (unpaired) electrons. The molecule has 2 heterocycles. The third-order valence-corrected chi connectivity index (χ3v) is 3.18. The molecule has 2 unspecified atom stereocenters. The highest BCUT2D eigenvalue weighted by molar-refractivity contribution is 5.74. The number of carbonyl (C=O) groups is 1.